The number of carbonyl (C=O) groups excluding carboxylic acids is 2. The first kappa shape index (κ1) is 20.0. The summed E-state index contributed by atoms with van der Waals surface area (Å²) >= 11 is 0. The minimum Gasteiger partial charge on any atom is -0.445 e. The third kappa shape index (κ3) is 5.00. The van der Waals surface area contributed by atoms with Gasteiger partial charge in [0.15, 0.2) is 0 Å². The third-order valence-corrected chi connectivity index (χ3v) is 5.74. The van der Waals surface area contributed by atoms with Gasteiger partial charge in [-0.1, -0.05) is 72.8 Å². The summed E-state index contributed by atoms with van der Waals surface area (Å²) in [6.07, 6.45) is 5.25. The number of nitrogens with one attached hydrogen (secondary N) is 2. The number of hydrogen-bond donors (Lipinski definition) is 2. The van der Waals surface area contributed by atoms with Gasteiger partial charge in [0.2, 0.25) is 0 Å². The van der Waals surface area contributed by atoms with E-state index in [0.717, 1.165) is 24.0 Å². The van der Waals surface area contributed by atoms with Crippen molar-refractivity contribution in [1.29, 1.82) is 0 Å². The van der Waals surface area contributed by atoms with Crippen LogP contribution in [0.25, 0.3) is 0 Å². The molecule has 0 heterocycles. The molecule has 1 saturated carbocycles. The number of carbonyl (C=O) groups is 2. The summed E-state index contributed by atoms with van der Waals surface area (Å²) in [6, 6.07) is 18.6. The Morgan fingerprint density at radius 1 is 0.700 bits per heavy atom. The van der Waals surface area contributed by atoms with Crippen molar-refractivity contribution >= 4 is 12.2 Å². The van der Waals surface area contributed by atoms with E-state index in [0.29, 0.717) is 0 Å². The molecule has 0 aliphatic heterocycles. The van der Waals surface area contributed by atoms with Crippen LogP contribution < -0.4 is 10.6 Å². The van der Waals surface area contributed by atoms with Crippen LogP contribution in [0.15, 0.2) is 72.8 Å². The highest BCUT2D eigenvalue weighted by Crippen LogP contribution is 2.36. The van der Waals surface area contributed by atoms with Crippen molar-refractivity contribution in [3.05, 3.63) is 83.9 Å². The van der Waals surface area contributed by atoms with E-state index in [-0.39, 0.29) is 37.1 Å². The third-order valence-electron chi connectivity index (χ3n) is 5.74. The Morgan fingerprint density at radius 3 is 1.47 bits per heavy atom. The number of amides is 2. The van der Waals surface area contributed by atoms with Gasteiger partial charge in [0.05, 0.1) is 12.1 Å². The van der Waals surface area contributed by atoms with Crippen LogP contribution in [-0.4, -0.2) is 24.3 Å². The molecule has 2 aromatic rings. The molecule has 156 valence electrons. The molecule has 2 bridgehead atoms. The van der Waals surface area contributed by atoms with Crippen LogP contribution in [-0.2, 0) is 22.7 Å². The number of fused-ring (bicyclic) bond motifs is 2. The maximum atomic E-state index is 12.4. The van der Waals surface area contributed by atoms with Gasteiger partial charge < -0.3 is 20.1 Å². The molecule has 2 aromatic carbocycles. The van der Waals surface area contributed by atoms with Crippen molar-refractivity contribution in [2.75, 3.05) is 0 Å². The molecule has 0 saturated heterocycles. The van der Waals surface area contributed by atoms with E-state index in [9.17, 15) is 9.59 Å². The van der Waals surface area contributed by atoms with Crippen LogP contribution in [0.1, 0.15) is 24.0 Å². The van der Waals surface area contributed by atoms with E-state index in [1.54, 1.807) is 0 Å². The van der Waals surface area contributed by atoms with Crippen molar-refractivity contribution in [2.45, 2.75) is 38.1 Å². The van der Waals surface area contributed by atoms with E-state index in [1.807, 2.05) is 60.7 Å². The summed E-state index contributed by atoms with van der Waals surface area (Å²) < 4.78 is 10.8. The van der Waals surface area contributed by atoms with Gasteiger partial charge >= 0.3 is 12.2 Å². The van der Waals surface area contributed by atoms with E-state index in [2.05, 4.69) is 22.8 Å². The summed E-state index contributed by atoms with van der Waals surface area (Å²) in [6.45, 7) is 0.418. The van der Waals surface area contributed by atoms with Crippen molar-refractivity contribution in [3.63, 3.8) is 0 Å². The number of rotatable bonds is 6. The average molecular weight is 406 g/mol. The molecule has 2 N–H and O–H groups in total. The van der Waals surface area contributed by atoms with E-state index < -0.39 is 12.2 Å². The summed E-state index contributed by atoms with van der Waals surface area (Å²) in [4.78, 5) is 24.8. The molecule has 1 fully saturated rings. The second-order valence-electron chi connectivity index (χ2n) is 7.75. The zero-order chi connectivity index (χ0) is 20.8. The second kappa shape index (κ2) is 9.48. The second-order valence-corrected chi connectivity index (χ2v) is 7.75. The monoisotopic (exact) mass is 406 g/mol. The number of hydrogen-bond acceptors (Lipinski definition) is 4. The van der Waals surface area contributed by atoms with Crippen LogP contribution in [0.3, 0.4) is 0 Å². The molecule has 30 heavy (non-hydrogen) atoms. The fourth-order valence-electron chi connectivity index (χ4n) is 4.19. The molecule has 0 radical (unpaired) electrons. The Kier molecular flexibility index (Phi) is 6.32. The highest BCUT2D eigenvalue weighted by atomic mass is 16.6. The Labute approximate surface area is 176 Å². The van der Waals surface area contributed by atoms with Gasteiger partial charge in [0, 0.05) is 0 Å². The number of ether oxygens (including phenoxy) is 2. The normalized spacial score (nSPS) is 24.1. The fourth-order valence-corrected chi connectivity index (χ4v) is 4.19. The largest absolute Gasteiger partial charge is 0.445 e. The van der Waals surface area contributed by atoms with Crippen molar-refractivity contribution in [2.24, 2.45) is 11.8 Å². The van der Waals surface area contributed by atoms with Crippen LogP contribution >= 0.6 is 0 Å². The Bertz CT molecular complexity index is 811. The maximum Gasteiger partial charge on any atom is 0.407 e. The predicted octanol–water partition coefficient (Wildman–Crippen LogP) is 4.17. The Balaban J connectivity index is 1.33. The molecule has 0 spiro atoms. The average Bonchev–Trinajstić information content (AvgIpc) is 2.80. The SMILES string of the molecule is O=C(N[C@@H]1[C@@H](NC(=O)OCc2ccccc2)[C@H]2C=C[C@@H]1CC2)OCc1ccccc1. The van der Waals surface area contributed by atoms with Crippen LogP contribution in [0.2, 0.25) is 0 Å². The lowest BCUT2D eigenvalue weighted by Gasteiger charge is -2.44. The topological polar surface area (TPSA) is 76.7 Å². The summed E-state index contributed by atoms with van der Waals surface area (Å²) in [7, 11) is 0. The zero-order valence-corrected chi connectivity index (χ0v) is 16.7. The van der Waals surface area contributed by atoms with E-state index >= 15 is 0 Å². The zero-order valence-electron chi connectivity index (χ0n) is 16.7. The predicted molar refractivity (Wildman–Crippen MR) is 112 cm³/mol. The van der Waals surface area contributed by atoms with E-state index in [1.165, 1.54) is 0 Å². The quantitative estimate of drug-likeness (QED) is 0.706. The standard InChI is InChI=1S/C24H26N2O4/c27-23(29-15-17-7-3-1-4-8-17)25-21-19-11-13-20(14-12-19)22(21)26-24(28)30-16-18-9-5-2-6-10-18/h1-11,13,19-22H,12,14-16H2,(H,25,27)(H,26,28)/t19-,20+,21-,22-/m0/s1. The lowest BCUT2D eigenvalue weighted by Crippen LogP contribution is -2.61. The summed E-state index contributed by atoms with van der Waals surface area (Å²) in [5, 5.41) is 5.93. The molecule has 4 atom stereocenters. The number of benzene rings is 2. The minimum atomic E-state index is -0.478. The van der Waals surface area contributed by atoms with Gasteiger partial charge in [0.1, 0.15) is 13.2 Å². The van der Waals surface area contributed by atoms with Crippen molar-refractivity contribution in [3.8, 4) is 0 Å². The van der Waals surface area contributed by atoms with Gasteiger partial charge in [-0.25, -0.2) is 9.59 Å². The van der Waals surface area contributed by atoms with Gasteiger partial charge in [-0.3, -0.25) is 0 Å². The highest BCUT2D eigenvalue weighted by Gasteiger charge is 2.42. The molecular weight excluding hydrogens is 380 g/mol. The van der Waals surface area contributed by atoms with Gasteiger partial charge in [-0.2, -0.15) is 0 Å². The van der Waals surface area contributed by atoms with Crippen LogP contribution in [0, 0.1) is 11.8 Å². The maximum absolute atomic E-state index is 12.4. The molecule has 0 aromatic heterocycles. The van der Waals surface area contributed by atoms with Crippen molar-refractivity contribution in [1.82, 2.24) is 10.6 Å². The molecule has 3 aliphatic rings. The highest BCUT2D eigenvalue weighted by molar-refractivity contribution is 5.70. The van der Waals surface area contributed by atoms with Gasteiger partial charge in [-0.05, 0) is 35.8 Å². The van der Waals surface area contributed by atoms with Crippen LogP contribution in [0.4, 0.5) is 9.59 Å². The molecule has 6 nitrogen and oxygen atoms in total. The summed E-state index contributed by atoms with van der Waals surface area (Å²) in [5.74, 6) is 0.331. The lowest BCUT2D eigenvalue weighted by atomic mass is 9.69. The van der Waals surface area contributed by atoms with E-state index in [4.69, 9.17) is 9.47 Å². The summed E-state index contributed by atoms with van der Waals surface area (Å²) in [5.41, 5.74) is 1.86. The molecule has 6 heteroatoms. The van der Waals surface area contributed by atoms with Crippen LogP contribution in [0.5, 0.6) is 0 Å². The lowest BCUT2D eigenvalue weighted by molar-refractivity contribution is 0.102. The molecule has 2 amide bonds. The van der Waals surface area contributed by atoms with Gasteiger partial charge in [-0.15, -0.1) is 0 Å². The molecule has 5 rings (SSSR count). The van der Waals surface area contributed by atoms with Gasteiger partial charge in [0.25, 0.3) is 0 Å². The smallest absolute Gasteiger partial charge is 0.407 e. The fraction of sp³-hybridized carbons (Fsp3) is 0.333. The first-order valence-electron chi connectivity index (χ1n) is 10.3. The first-order valence-corrected chi connectivity index (χ1v) is 10.3. The minimum absolute atomic E-state index is 0.165. The van der Waals surface area contributed by atoms with Crippen molar-refractivity contribution < 1.29 is 19.1 Å². The molecule has 0 unspecified atom stereocenters. The Hall–Kier alpha value is -3.28. The molecular formula is C24H26N2O4. The molecule has 3 aliphatic carbocycles. The Morgan fingerprint density at radius 2 is 1.10 bits per heavy atom. The number of alkyl carbamates (subject to hydrolysis) is 2. The first-order chi connectivity index (χ1) is 14.7.